The van der Waals surface area contributed by atoms with Gasteiger partial charge in [0.15, 0.2) is 6.61 Å². The largest absolute Gasteiger partial charge is 0.484 e. The Bertz CT molecular complexity index is 765. The number of hydrogen-bond donors (Lipinski definition) is 1. The van der Waals surface area contributed by atoms with Crippen LogP contribution < -0.4 is 10.5 Å². The third-order valence-electron chi connectivity index (χ3n) is 4.58. The molecular formula is C23H30N2O3. The van der Waals surface area contributed by atoms with E-state index in [1.807, 2.05) is 54.6 Å². The van der Waals surface area contributed by atoms with Crippen LogP contribution in [0.5, 0.6) is 5.75 Å². The predicted molar refractivity (Wildman–Crippen MR) is 111 cm³/mol. The fraction of sp³-hybridized carbons (Fsp3) is 0.391. The summed E-state index contributed by atoms with van der Waals surface area (Å²) in [7, 11) is 0. The lowest BCUT2D eigenvalue weighted by molar-refractivity contribution is -0.133. The Labute approximate surface area is 167 Å². The number of carbonyl (C=O) groups is 2. The van der Waals surface area contributed by atoms with Crippen molar-refractivity contribution in [3.8, 4) is 5.75 Å². The molecule has 0 aromatic heterocycles. The number of rotatable bonds is 9. The Hall–Kier alpha value is -2.82. The molecule has 0 aliphatic rings. The van der Waals surface area contributed by atoms with E-state index in [1.165, 1.54) is 5.56 Å². The molecule has 0 saturated heterocycles. The average Bonchev–Trinajstić information content (AvgIpc) is 2.66. The van der Waals surface area contributed by atoms with E-state index in [0.29, 0.717) is 25.3 Å². The normalized spacial score (nSPS) is 11.1. The lowest BCUT2D eigenvalue weighted by Crippen LogP contribution is -2.38. The third kappa shape index (κ3) is 7.06. The van der Waals surface area contributed by atoms with Crippen LogP contribution in [-0.2, 0) is 21.4 Å². The van der Waals surface area contributed by atoms with Gasteiger partial charge in [-0.05, 0) is 35.1 Å². The van der Waals surface area contributed by atoms with Crippen molar-refractivity contribution in [2.75, 3.05) is 19.7 Å². The number of nitrogens with zero attached hydrogens (tertiary/aromatic N) is 1. The molecule has 0 atom stereocenters. The number of ether oxygens (including phenoxy) is 1. The van der Waals surface area contributed by atoms with Crippen LogP contribution in [0.3, 0.4) is 0 Å². The molecule has 0 aliphatic carbocycles. The van der Waals surface area contributed by atoms with Crippen LogP contribution in [-0.4, -0.2) is 36.4 Å². The van der Waals surface area contributed by atoms with Crippen LogP contribution in [0.2, 0.25) is 0 Å². The molecule has 2 aromatic rings. The molecule has 0 saturated carbocycles. The van der Waals surface area contributed by atoms with E-state index in [9.17, 15) is 9.59 Å². The van der Waals surface area contributed by atoms with Gasteiger partial charge >= 0.3 is 0 Å². The van der Waals surface area contributed by atoms with Crippen molar-refractivity contribution in [2.24, 2.45) is 5.73 Å². The van der Waals surface area contributed by atoms with Gasteiger partial charge in [-0.2, -0.15) is 0 Å². The molecule has 0 radical (unpaired) electrons. The first kappa shape index (κ1) is 21.5. The molecule has 5 nitrogen and oxygen atoms in total. The van der Waals surface area contributed by atoms with E-state index in [4.69, 9.17) is 10.5 Å². The molecular weight excluding hydrogens is 352 g/mol. The summed E-state index contributed by atoms with van der Waals surface area (Å²) in [4.78, 5) is 25.4. The number of amides is 2. The molecule has 28 heavy (non-hydrogen) atoms. The maximum absolute atomic E-state index is 12.6. The molecule has 0 spiro atoms. The zero-order valence-corrected chi connectivity index (χ0v) is 17.0. The number of primary amides is 1. The number of nitrogens with two attached hydrogens (primary N) is 1. The molecule has 150 valence electrons. The molecule has 2 N–H and O–H groups in total. The summed E-state index contributed by atoms with van der Waals surface area (Å²) in [6, 6.07) is 17.7. The van der Waals surface area contributed by atoms with Crippen LogP contribution in [0.25, 0.3) is 0 Å². The molecule has 0 fully saturated rings. The second-order valence-electron chi connectivity index (χ2n) is 7.90. The van der Waals surface area contributed by atoms with Gasteiger partial charge in [-0.3, -0.25) is 9.59 Å². The summed E-state index contributed by atoms with van der Waals surface area (Å²) in [5.74, 6) is 0.0764. The summed E-state index contributed by atoms with van der Waals surface area (Å²) >= 11 is 0. The van der Waals surface area contributed by atoms with Gasteiger partial charge in [0.2, 0.25) is 5.91 Å². The van der Waals surface area contributed by atoms with Gasteiger partial charge in [0, 0.05) is 19.5 Å². The van der Waals surface area contributed by atoms with E-state index >= 15 is 0 Å². The highest BCUT2D eigenvalue weighted by Crippen LogP contribution is 2.24. The topological polar surface area (TPSA) is 72.6 Å². The molecule has 0 aliphatic heterocycles. The van der Waals surface area contributed by atoms with Crippen molar-refractivity contribution in [3.05, 3.63) is 65.7 Å². The highest BCUT2D eigenvalue weighted by atomic mass is 16.5. The standard InChI is InChI=1S/C23H30N2O3/c1-23(2,3)19-9-11-20(12-10-19)28-17-22(27)25(16-14-21(24)26)15-13-18-7-5-4-6-8-18/h4-12H,13-17H2,1-3H3,(H2,24,26). The first-order valence-electron chi connectivity index (χ1n) is 9.59. The Morgan fingerprint density at radius 1 is 0.964 bits per heavy atom. The quantitative estimate of drug-likeness (QED) is 0.723. The van der Waals surface area contributed by atoms with Crippen molar-refractivity contribution in [3.63, 3.8) is 0 Å². The van der Waals surface area contributed by atoms with Gasteiger partial charge in [0.05, 0.1) is 0 Å². The Kier molecular flexibility index (Phi) is 7.61. The SMILES string of the molecule is CC(C)(C)c1ccc(OCC(=O)N(CCC(N)=O)CCc2ccccc2)cc1. The van der Waals surface area contributed by atoms with Gasteiger partial charge in [0.25, 0.3) is 5.91 Å². The zero-order chi connectivity index (χ0) is 20.6. The van der Waals surface area contributed by atoms with Gasteiger partial charge < -0.3 is 15.4 Å². The molecule has 0 unspecified atom stereocenters. The van der Waals surface area contributed by atoms with E-state index in [0.717, 1.165) is 5.56 Å². The van der Waals surface area contributed by atoms with Crippen LogP contribution >= 0.6 is 0 Å². The van der Waals surface area contributed by atoms with Gasteiger partial charge in [-0.25, -0.2) is 0 Å². The van der Waals surface area contributed by atoms with E-state index in [2.05, 4.69) is 20.8 Å². The molecule has 2 rings (SSSR count). The molecule has 0 heterocycles. The molecule has 0 bridgehead atoms. The second-order valence-corrected chi connectivity index (χ2v) is 7.90. The lowest BCUT2D eigenvalue weighted by Gasteiger charge is -2.23. The summed E-state index contributed by atoms with van der Waals surface area (Å²) in [6.45, 7) is 7.19. The molecule has 2 amide bonds. The fourth-order valence-electron chi connectivity index (χ4n) is 2.80. The van der Waals surface area contributed by atoms with E-state index in [1.54, 1.807) is 4.90 Å². The van der Waals surface area contributed by atoms with Crippen molar-refractivity contribution < 1.29 is 14.3 Å². The van der Waals surface area contributed by atoms with Crippen molar-refractivity contribution in [2.45, 2.75) is 39.0 Å². The second kappa shape index (κ2) is 9.93. The van der Waals surface area contributed by atoms with Crippen LogP contribution in [0.1, 0.15) is 38.3 Å². The minimum Gasteiger partial charge on any atom is -0.484 e. The smallest absolute Gasteiger partial charge is 0.260 e. The number of carbonyl (C=O) groups excluding carboxylic acids is 2. The first-order chi connectivity index (χ1) is 13.3. The molecule has 2 aromatic carbocycles. The van der Waals surface area contributed by atoms with Crippen LogP contribution in [0, 0.1) is 0 Å². The van der Waals surface area contributed by atoms with E-state index in [-0.39, 0.29) is 24.3 Å². The number of hydrogen-bond acceptors (Lipinski definition) is 3. The first-order valence-corrected chi connectivity index (χ1v) is 9.59. The maximum Gasteiger partial charge on any atom is 0.260 e. The maximum atomic E-state index is 12.6. The molecule has 5 heteroatoms. The minimum absolute atomic E-state index is 0.0668. The van der Waals surface area contributed by atoms with Gasteiger partial charge in [0.1, 0.15) is 5.75 Å². The van der Waals surface area contributed by atoms with Gasteiger partial charge in [-0.15, -0.1) is 0 Å². The Balaban J connectivity index is 1.94. The summed E-state index contributed by atoms with van der Waals surface area (Å²) in [6.07, 6.45) is 0.854. The highest BCUT2D eigenvalue weighted by Gasteiger charge is 2.16. The number of benzene rings is 2. The van der Waals surface area contributed by atoms with E-state index < -0.39 is 5.91 Å². The van der Waals surface area contributed by atoms with Crippen molar-refractivity contribution in [1.82, 2.24) is 4.90 Å². The van der Waals surface area contributed by atoms with Crippen LogP contribution in [0.15, 0.2) is 54.6 Å². The summed E-state index contributed by atoms with van der Waals surface area (Å²) in [5, 5.41) is 0. The lowest BCUT2D eigenvalue weighted by atomic mass is 9.87. The predicted octanol–water partition coefficient (Wildman–Crippen LogP) is 3.31. The highest BCUT2D eigenvalue weighted by molar-refractivity contribution is 5.79. The minimum atomic E-state index is -0.420. The summed E-state index contributed by atoms with van der Waals surface area (Å²) in [5.41, 5.74) is 7.66. The van der Waals surface area contributed by atoms with Crippen molar-refractivity contribution >= 4 is 11.8 Å². The van der Waals surface area contributed by atoms with Crippen molar-refractivity contribution in [1.29, 1.82) is 0 Å². The fourth-order valence-corrected chi connectivity index (χ4v) is 2.80. The van der Waals surface area contributed by atoms with Crippen LogP contribution in [0.4, 0.5) is 0 Å². The Morgan fingerprint density at radius 3 is 2.18 bits per heavy atom. The third-order valence-corrected chi connectivity index (χ3v) is 4.58. The summed E-state index contributed by atoms with van der Waals surface area (Å²) < 4.78 is 5.67. The average molecular weight is 383 g/mol. The Morgan fingerprint density at radius 2 is 1.61 bits per heavy atom. The van der Waals surface area contributed by atoms with Gasteiger partial charge in [-0.1, -0.05) is 63.2 Å². The zero-order valence-electron chi connectivity index (χ0n) is 17.0. The monoisotopic (exact) mass is 382 g/mol.